The maximum Gasteiger partial charge on any atom is 0.293 e. The average molecular weight is 252 g/mol. The van der Waals surface area contributed by atoms with Crippen LogP contribution in [0.25, 0.3) is 0 Å². The van der Waals surface area contributed by atoms with Crippen molar-refractivity contribution in [3.05, 3.63) is 40.8 Å². The molecule has 0 saturated heterocycles. The van der Waals surface area contributed by atoms with Gasteiger partial charge in [0.25, 0.3) is 5.91 Å². The van der Waals surface area contributed by atoms with Gasteiger partial charge in [0.15, 0.2) is 6.39 Å². The monoisotopic (exact) mass is 251 g/mol. The summed E-state index contributed by atoms with van der Waals surface area (Å²) in [5.41, 5.74) is 1.78. The lowest BCUT2D eigenvalue weighted by Crippen LogP contribution is -2.13. The summed E-state index contributed by atoms with van der Waals surface area (Å²) in [6, 6.07) is 3.30. The number of halogens is 1. The molecular weight excluding hydrogens is 242 g/mol. The van der Waals surface area contributed by atoms with Crippen LogP contribution in [0, 0.1) is 13.8 Å². The van der Waals surface area contributed by atoms with E-state index in [0.29, 0.717) is 22.2 Å². The summed E-state index contributed by atoms with van der Waals surface area (Å²) in [5.74, 6) is -0.161. The number of hydrogen-bond donors (Lipinski definition) is 1. The number of nitrogens with zero attached hydrogens (tertiary/aromatic N) is 2. The summed E-state index contributed by atoms with van der Waals surface area (Å²) >= 11 is 5.73. The molecular formula is C11H10ClN3O2. The van der Waals surface area contributed by atoms with Crippen LogP contribution in [0.15, 0.2) is 22.9 Å². The first kappa shape index (κ1) is 11.6. The van der Waals surface area contributed by atoms with Crippen molar-refractivity contribution in [2.75, 3.05) is 5.32 Å². The Labute approximate surface area is 103 Å². The first-order valence-corrected chi connectivity index (χ1v) is 5.30. The fourth-order valence-electron chi connectivity index (χ4n) is 1.36. The van der Waals surface area contributed by atoms with Gasteiger partial charge in [-0.3, -0.25) is 4.79 Å². The molecule has 2 rings (SSSR count). The number of amides is 1. The maximum absolute atomic E-state index is 11.8. The molecule has 0 spiro atoms. The van der Waals surface area contributed by atoms with E-state index in [1.807, 2.05) is 0 Å². The molecule has 88 valence electrons. The molecule has 0 bridgehead atoms. The molecule has 6 heteroatoms. The number of aromatic nitrogens is 2. The molecule has 0 aliphatic heterocycles. The van der Waals surface area contributed by atoms with Crippen LogP contribution in [-0.4, -0.2) is 15.9 Å². The zero-order valence-corrected chi connectivity index (χ0v) is 10.1. The minimum absolute atomic E-state index is 0.194. The van der Waals surface area contributed by atoms with E-state index in [4.69, 9.17) is 16.0 Å². The van der Waals surface area contributed by atoms with Crippen LogP contribution in [0.2, 0.25) is 5.15 Å². The Hall–Kier alpha value is -1.88. The lowest BCUT2D eigenvalue weighted by Gasteiger charge is -2.06. The summed E-state index contributed by atoms with van der Waals surface area (Å²) in [6.07, 6.45) is 1.23. The Morgan fingerprint density at radius 2 is 2.12 bits per heavy atom. The van der Waals surface area contributed by atoms with Gasteiger partial charge in [-0.2, -0.15) is 0 Å². The van der Waals surface area contributed by atoms with Gasteiger partial charge < -0.3 is 9.73 Å². The standard InChI is InChI=1S/C11H10ClN3O2/c1-6-8(3-4-9(12)14-6)15-11(16)10-7(2)13-5-17-10/h3-5H,1-2H3,(H,15,16). The highest BCUT2D eigenvalue weighted by atomic mass is 35.5. The molecule has 0 aliphatic rings. The van der Waals surface area contributed by atoms with Crippen LogP contribution in [-0.2, 0) is 0 Å². The number of carbonyl (C=O) groups is 1. The van der Waals surface area contributed by atoms with Gasteiger partial charge in [0.05, 0.1) is 17.1 Å². The molecule has 0 fully saturated rings. The van der Waals surface area contributed by atoms with Crippen LogP contribution in [0.5, 0.6) is 0 Å². The van der Waals surface area contributed by atoms with Gasteiger partial charge in [0.1, 0.15) is 5.15 Å². The average Bonchev–Trinajstić information content (AvgIpc) is 2.68. The van der Waals surface area contributed by atoms with Crippen molar-refractivity contribution in [1.29, 1.82) is 0 Å². The number of oxazole rings is 1. The van der Waals surface area contributed by atoms with Gasteiger partial charge in [-0.05, 0) is 26.0 Å². The van der Waals surface area contributed by atoms with E-state index >= 15 is 0 Å². The minimum atomic E-state index is -0.354. The molecule has 1 amide bonds. The number of rotatable bonds is 2. The van der Waals surface area contributed by atoms with Gasteiger partial charge in [-0.1, -0.05) is 11.6 Å². The summed E-state index contributed by atoms with van der Waals surface area (Å²) in [6.45, 7) is 3.46. The van der Waals surface area contributed by atoms with Gasteiger partial charge in [-0.25, -0.2) is 9.97 Å². The van der Waals surface area contributed by atoms with Crippen molar-refractivity contribution in [1.82, 2.24) is 9.97 Å². The number of nitrogens with one attached hydrogen (secondary N) is 1. The van der Waals surface area contributed by atoms with Gasteiger partial charge in [0.2, 0.25) is 5.76 Å². The van der Waals surface area contributed by atoms with Crippen molar-refractivity contribution < 1.29 is 9.21 Å². The van der Waals surface area contributed by atoms with Crippen LogP contribution in [0.3, 0.4) is 0 Å². The summed E-state index contributed by atoms with van der Waals surface area (Å²) in [5, 5.41) is 3.07. The highest BCUT2D eigenvalue weighted by molar-refractivity contribution is 6.29. The number of hydrogen-bond acceptors (Lipinski definition) is 4. The normalized spacial score (nSPS) is 10.3. The van der Waals surface area contributed by atoms with Crippen LogP contribution >= 0.6 is 11.6 Å². The second-order valence-electron chi connectivity index (χ2n) is 3.49. The zero-order valence-electron chi connectivity index (χ0n) is 9.32. The van der Waals surface area contributed by atoms with E-state index < -0.39 is 0 Å². The number of aryl methyl sites for hydroxylation is 2. The molecule has 0 unspecified atom stereocenters. The lowest BCUT2D eigenvalue weighted by molar-refractivity contribution is 0.0995. The smallest absolute Gasteiger partial charge is 0.293 e. The Kier molecular flexibility index (Phi) is 3.10. The van der Waals surface area contributed by atoms with Crippen molar-refractivity contribution in [3.8, 4) is 0 Å². The fourth-order valence-corrected chi connectivity index (χ4v) is 1.55. The molecule has 2 aromatic rings. The van der Waals surface area contributed by atoms with Crippen LogP contribution in [0.1, 0.15) is 21.9 Å². The second kappa shape index (κ2) is 4.55. The van der Waals surface area contributed by atoms with Gasteiger partial charge in [-0.15, -0.1) is 0 Å². The van der Waals surface area contributed by atoms with E-state index in [2.05, 4.69) is 15.3 Å². The number of pyridine rings is 1. The third-order valence-corrected chi connectivity index (χ3v) is 2.46. The molecule has 2 heterocycles. The third-order valence-electron chi connectivity index (χ3n) is 2.25. The molecule has 17 heavy (non-hydrogen) atoms. The second-order valence-corrected chi connectivity index (χ2v) is 3.88. The number of anilines is 1. The first-order valence-electron chi connectivity index (χ1n) is 4.92. The fraction of sp³-hybridized carbons (Fsp3) is 0.182. The highest BCUT2D eigenvalue weighted by Crippen LogP contribution is 2.17. The topological polar surface area (TPSA) is 68.0 Å². The largest absolute Gasteiger partial charge is 0.438 e. The van der Waals surface area contributed by atoms with Crippen LogP contribution < -0.4 is 5.32 Å². The quantitative estimate of drug-likeness (QED) is 0.833. The molecule has 0 aliphatic carbocycles. The molecule has 0 radical (unpaired) electrons. The predicted octanol–water partition coefficient (Wildman–Crippen LogP) is 2.59. The zero-order chi connectivity index (χ0) is 12.4. The lowest BCUT2D eigenvalue weighted by atomic mass is 10.3. The molecule has 5 nitrogen and oxygen atoms in total. The molecule has 2 aromatic heterocycles. The van der Waals surface area contributed by atoms with E-state index in [9.17, 15) is 4.79 Å². The van der Waals surface area contributed by atoms with E-state index in [1.165, 1.54) is 6.39 Å². The van der Waals surface area contributed by atoms with Gasteiger partial charge >= 0.3 is 0 Å². The third kappa shape index (κ3) is 2.45. The van der Waals surface area contributed by atoms with Crippen molar-refractivity contribution in [3.63, 3.8) is 0 Å². The Bertz CT molecular complexity index is 566. The predicted molar refractivity (Wildman–Crippen MR) is 63.2 cm³/mol. The number of carbonyl (C=O) groups excluding carboxylic acids is 1. The summed E-state index contributed by atoms with van der Waals surface area (Å²) < 4.78 is 4.99. The maximum atomic E-state index is 11.8. The minimum Gasteiger partial charge on any atom is -0.438 e. The Balaban J connectivity index is 2.22. The van der Waals surface area contributed by atoms with Crippen molar-refractivity contribution >= 4 is 23.2 Å². The van der Waals surface area contributed by atoms with Crippen molar-refractivity contribution in [2.45, 2.75) is 13.8 Å². The molecule has 0 saturated carbocycles. The summed E-state index contributed by atoms with van der Waals surface area (Å²) in [7, 11) is 0. The Morgan fingerprint density at radius 3 is 2.71 bits per heavy atom. The SMILES string of the molecule is Cc1nc(Cl)ccc1NC(=O)c1ocnc1C. The molecule has 1 N–H and O–H groups in total. The molecule has 0 aromatic carbocycles. The highest BCUT2D eigenvalue weighted by Gasteiger charge is 2.15. The molecule has 0 atom stereocenters. The van der Waals surface area contributed by atoms with E-state index in [0.717, 1.165) is 0 Å². The van der Waals surface area contributed by atoms with Gasteiger partial charge in [0, 0.05) is 0 Å². The van der Waals surface area contributed by atoms with E-state index in [-0.39, 0.29) is 11.7 Å². The Morgan fingerprint density at radius 1 is 1.35 bits per heavy atom. The van der Waals surface area contributed by atoms with E-state index in [1.54, 1.807) is 26.0 Å². The first-order chi connectivity index (χ1) is 8.08. The van der Waals surface area contributed by atoms with Crippen LogP contribution in [0.4, 0.5) is 5.69 Å². The summed E-state index contributed by atoms with van der Waals surface area (Å²) in [4.78, 5) is 19.7. The van der Waals surface area contributed by atoms with Crippen molar-refractivity contribution in [2.24, 2.45) is 0 Å².